The molecule has 0 aliphatic heterocycles. The third-order valence-corrected chi connectivity index (χ3v) is 12.5. The number of carboxylic acid groups (broad SMARTS) is 1. The molecule has 13 heteroatoms. The number of nitrogens with one attached hydrogen (secondary N) is 1. The summed E-state index contributed by atoms with van der Waals surface area (Å²) in [4.78, 5) is 55.3. The fourth-order valence-corrected chi connectivity index (χ4v) is 8.88. The molecule has 0 radical (unpaired) electrons. The standard InChI is InChI=1S/C36H46N2O8S2Si/c1-22(32-30(39)17-36(2,3)18-31(32)40)37-28(33(41)42)20-47-48-21-29(34(43)45-15-16-49(4,5)6)38-35(44)46-19-27-25-13-9-7-11-23(25)24-12-8-10-14-26(24)27/h7-14,27-29,39H,15-21H2,1-6H3,(H,38,44)(H,41,42)/t28-,29+/m0/s1. The Morgan fingerprint density at radius 3 is 2.14 bits per heavy atom. The van der Waals surface area contributed by atoms with E-state index >= 15 is 0 Å². The molecule has 3 N–H and O–H groups in total. The monoisotopic (exact) mass is 726 g/mol. The molecular formula is C36H46N2O8S2Si. The summed E-state index contributed by atoms with van der Waals surface area (Å²) in [7, 11) is 0.889. The van der Waals surface area contributed by atoms with Crippen molar-refractivity contribution < 1.29 is 38.9 Å². The van der Waals surface area contributed by atoms with E-state index in [-0.39, 0.29) is 65.3 Å². The molecule has 2 aliphatic carbocycles. The number of esters is 1. The molecule has 1 amide bonds. The Morgan fingerprint density at radius 2 is 1.57 bits per heavy atom. The number of Topliss-reactive ketones (excluding diaryl/α,β-unsaturated/α-hetero) is 1. The lowest BCUT2D eigenvalue weighted by atomic mass is 9.76. The number of ether oxygens (including phenoxy) is 2. The number of rotatable bonds is 15. The average molecular weight is 727 g/mol. The number of hydrogen-bond donors (Lipinski definition) is 3. The van der Waals surface area contributed by atoms with Gasteiger partial charge in [0, 0.05) is 44.1 Å². The van der Waals surface area contributed by atoms with Crippen molar-refractivity contribution in [2.75, 3.05) is 24.7 Å². The van der Waals surface area contributed by atoms with Gasteiger partial charge in [0.1, 0.15) is 18.4 Å². The molecule has 0 unspecified atom stereocenters. The summed E-state index contributed by atoms with van der Waals surface area (Å²) >= 11 is 0. The molecule has 0 fully saturated rings. The largest absolute Gasteiger partial charge is 0.511 e. The smallest absolute Gasteiger partial charge is 0.407 e. The minimum atomic E-state index is -1.48. The van der Waals surface area contributed by atoms with Gasteiger partial charge in [-0.1, -0.05) is 104 Å². The van der Waals surface area contributed by atoms with Crippen LogP contribution < -0.4 is 5.32 Å². The van der Waals surface area contributed by atoms with Crippen LogP contribution in [-0.4, -0.2) is 84.6 Å². The lowest BCUT2D eigenvalue weighted by Crippen LogP contribution is -2.44. The summed E-state index contributed by atoms with van der Waals surface area (Å²) in [6.45, 7) is 12.1. The number of carbonyl (C=O) groups is 4. The number of aliphatic hydroxyl groups is 1. The van der Waals surface area contributed by atoms with Crippen molar-refractivity contribution in [2.45, 2.75) is 77.3 Å². The normalized spacial score (nSPS) is 17.2. The SMILES string of the molecule is CC(=N[C@@H](CSSC[C@@H](NC(=O)OCC1c2ccccc2-c2ccccc21)C(=O)OCC[Si](C)(C)C)C(=O)O)C1=C(O)CC(C)(C)CC1=O. The van der Waals surface area contributed by atoms with Crippen molar-refractivity contribution in [1.29, 1.82) is 0 Å². The van der Waals surface area contributed by atoms with Crippen LogP contribution in [0.1, 0.15) is 50.7 Å². The van der Waals surface area contributed by atoms with E-state index < -0.39 is 38.2 Å². The number of aliphatic carboxylic acids is 1. The van der Waals surface area contributed by atoms with Gasteiger partial charge in [0.25, 0.3) is 0 Å². The van der Waals surface area contributed by atoms with Gasteiger partial charge in [0.15, 0.2) is 11.8 Å². The van der Waals surface area contributed by atoms with Gasteiger partial charge in [-0.2, -0.15) is 0 Å². The van der Waals surface area contributed by atoms with Crippen molar-refractivity contribution >= 4 is 59.2 Å². The van der Waals surface area contributed by atoms with Crippen LogP contribution in [0.15, 0.2) is 64.9 Å². The number of aliphatic imine (C=N–C) groups is 1. The zero-order valence-electron chi connectivity index (χ0n) is 28.9. The molecule has 0 heterocycles. The molecule has 49 heavy (non-hydrogen) atoms. The zero-order valence-corrected chi connectivity index (χ0v) is 31.5. The van der Waals surface area contributed by atoms with E-state index in [4.69, 9.17) is 9.47 Å². The molecule has 2 aromatic carbocycles. The maximum absolute atomic E-state index is 13.1. The first-order valence-electron chi connectivity index (χ1n) is 16.3. The van der Waals surface area contributed by atoms with E-state index in [1.807, 2.05) is 50.2 Å². The second-order valence-electron chi connectivity index (χ2n) is 14.4. The van der Waals surface area contributed by atoms with E-state index in [1.165, 1.54) is 28.5 Å². The predicted molar refractivity (Wildman–Crippen MR) is 198 cm³/mol. The van der Waals surface area contributed by atoms with Crippen LogP contribution in [0.2, 0.25) is 25.7 Å². The van der Waals surface area contributed by atoms with E-state index in [2.05, 4.69) is 42.1 Å². The molecule has 0 aromatic heterocycles. The van der Waals surface area contributed by atoms with E-state index in [0.29, 0.717) is 6.42 Å². The average Bonchev–Trinajstić information content (AvgIpc) is 3.32. The van der Waals surface area contributed by atoms with Crippen LogP contribution in [0.4, 0.5) is 4.79 Å². The first-order valence-corrected chi connectivity index (χ1v) is 22.5. The summed E-state index contributed by atoms with van der Waals surface area (Å²) in [6.07, 6.45) is -0.222. The maximum Gasteiger partial charge on any atom is 0.407 e. The number of alkyl carbamates (subject to hydrolysis) is 1. The first-order chi connectivity index (χ1) is 23.1. The highest BCUT2D eigenvalue weighted by molar-refractivity contribution is 8.76. The van der Waals surface area contributed by atoms with E-state index in [9.17, 15) is 29.4 Å². The van der Waals surface area contributed by atoms with Gasteiger partial charge in [0.05, 0.1) is 12.2 Å². The maximum atomic E-state index is 13.1. The van der Waals surface area contributed by atoms with Gasteiger partial charge in [-0.15, -0.1) is 0 Å². The number of allylic oxidation sites excluding steroid dienone is 2. The van der Waals surface area contributed by atoms with Crippen molar-refractivity contribution in [3.63, 3.8) is 0 Å². The van der Waals surface area contributed by atoms with Gasteiger partial charge in [-0.05, 0) is 40.6 Å². The van der Waals surface area contributed by atoms with Crippen LogP contribution >= 0.6 is 21.6 Å². The Bertz CT molecular complexity index is 1590. The Balaban J connectivity index is 1.38. The fourth-order valence-electron chi connectivity index (χ4n) is 5.90. The molecule has 264 valence electrons. The summed E-state index contributed by atoms with van der Waals surface area (Å²) in [5, 5.41) is 23.0. The van der Waals surface area contributed by atoms with Crippen LogP contribution in [0.3, 0.4) is 0 Å². The predicted octanol–water partition coefficient (Wildman–Crippen LogP) is 7.27. The number of fused-ring (bicyclic) bond motifs is 3. The first kappa shape index (κ1) is 38.3. The number of benzene rings is 2. The number of aliphatic hydroxyl groups excluding tert-OH is 1. The molecule has 4 rings (SSSR count). The summed E-state index contributed by atoms with van der Waals surface area (Å²) in [5.74, 6) is -2.16. The molecule has 0 saturated carbocycles. The fraction of sp³-hybridized carbons (Fsp3) is 0.472. The Kier molecular flexibility index (Phi) is 12.8. The minimum Gasteiger partial charge on any atom is -0.511 e. The summed E-state index contributed by atoms with van der Waals surface area (Å²) in [6, 6.07) is 14.6. The molecule has 2 aliphatic rings. The van der Waals surface area contributed by atoms with Gasteiger partial charge < -0.3 is 25.0 Å². The van der Waals surface area contributed by atoms with Crippen molar-refractivity contribution in [2.24, 2.45) is 10.4 Å². The number of amides is 1. The Hall–Kier alpha value is -3.55. The second kappa shape index (κ2) is 16.4. The van der Waals surface area contributed by atoms with Crippen LogP contribution in [0.25, 0.3) is 11.1 Å². The minimum absolute atomic E-state index is 0.0212. The van der Waals surface area contributed by atoms with Gasteiger partial charge in [-0.3, -0.25) is 9.79 Å². The molecular weight excluding hydrogens is 681 g/mol. The highest BCUT2D eigenvalue weighted by Gasteiger charge is 2.35. The van der Waals surface area contributed by atoms with E-state index in [1.54, 1.807) is 0 Å². The Morgan fingerprint density at radius 1 is 0.980 bits per heavy atom. The van der Waals surface area contributed by atoms with Gasteiger partial charge in [0.2, 0.25) is 0 Å². The molecule has 2 aromatic rings. The number of hydrogen-bond acceptors (Lipinski definition) is 10. The Labute approximate surface area is 296 Å². The molecule has 0 spiro atoms. The third-order valence-electron chi connectivity index (χ3n) is 8.41. The van der Waals surface area contributed by atoms with Crippen molar-refractivity contribution in [1.82, 2.24) is 5.32 Å². The number of nitrogens with zero attached hydrogens (tertiary/aromatic N) is 1. The molecule has 0 bridgehead atoms. The van der Waals surface area contributed by atoms with E-state index in [0.717, 1.165) is 28.3 Å². The van der Waals surface area contributed by atoms with Crippen LogP contribution in [0.5, 0.6) is 0 Å². The number of carbonyl (C=O) groups excluding carboxylic acids is 3. The highest BCUT2D eigenvalue weighted by atomic mass is 33.1. The van der Waals surface area contributed by atoms with Crippen LogP contribution in [-0.2, 0) is 23.9 Å². The van der Waals surface area contributed by atoms with Gasteiger partial charge in [-0.25, -0.2) is 14.4 Å². The highest BCUT2D eigenvalue weighted by Crippen LogP contribution is 2.44. The van der Waals surface area contributed by atoms with Crippen LogP contribution in [0, 0.1) is 5.41 Å². The van der Waals surface area contributed by atoms with Gasteiger partial charge >= 0.3 is 18.0 Å². The second-order valence-corrected chi connectivity index (χ2v) is 22.6. The quantitative estimate of drug-likeness (QED) is 0.0562. The lowest BCUT2D eigenvalue weighted by Gasteiger charge is -2.29. The zero-order chi connectivity index (χ0) is 35.9. The summed E-state index contributed by atoms with van der Waals surface area (Å²) < 4.78 is 11.2. The molecule has 0 saturated heterocycles. The third kappa shape index (κ3) is 10.5. The number of ketones is 1. The van der Waals surface area contributed by atoms with Crippen molar-refractivity contribution in [3.8, 4) is 11.1 Å². The summed E-state index contributed by atoms with van der Waals surface area (Å²) in [5.41, 5.74) is 4.22. The topological polar surface area (TPSA) is 152 Å². The lowest BCUT2D eigenvalue weighted by molar-refractivity contribution is -0.145. The molecule has 10 nitrogen and oxygen atoms in total. The molecule has 2 atom stereocenters. The van der Waals surface area contributed by atoms with Crippen molar-refractivity contribution in [3.05, 3.63) is 71.0 Å². The number of carboxylic acids is 1.